The number of aryl methyl sites for hydroxylation is 1. The minimum absolute atomic E-state index is 0. The highest BCUT2D eigenvalue weighted by Crippen LogP contribution is 2.29. The molecule has 0 aromatic heterocycles. The van der Waals surface area contributed by atoms with Crippen molar-refractivity contribution in [3.8, 4) is 11.5 Å². The van der Waals surface area contributed by atoms with Crippen LogP contribution < -0.4 is 14.8 Å². The molecule has 4 rings (SSSR count). The van der Waals surface area contributed by atoms with E-state index in [1.807, 2.05) is 48.5 Å². The van der Waals surface area contributed by atoms with Gasteiger partial charge in [0.25, 0.3) is 0 Å². The second kappa shape index (κ2) is 14.2. The lowest BCUT2D eigenvalue weighted by molar-refractivity contribution is -0.145. The van der Waals surface area contributed by atoms with Gasteiger partial charge in [0, 0.05) is 12.6 Å². The van der Waals surface area contributed by atoms with Gasteiger partial charge < -0.3 is 24.6 Å². The molecule has 0 aliphatic heterocycles. The van der Waals surface area contributed by atoms with Crippen molar-refractivity contribution in [2.24, 2.45) is 0 Å². The van der Waals surface area contributed by atoms with Crippen LogP contribution >= 0.6 is 24.0 Å². The largest absolute Gasteiger partial charge is 0.487 e. The van der Waals surface area contributed by atoms with Crippen LogP contribution in [0.15, 0.2) is 66.7 Å². The molecule has 2 atom stereocenters. The third-order valence-electron chi connectivity index (χ3n) is 6.25. The average molecular weight is 546 g/mol. The van der Waals surface area contributed by atoms with Gasteiger partial charge in [-0.25, -0.2) is 4.79 Å². The van der Waals surface area contributed by atoms with E-state index in [1.54, 1.807) is 19.1 Å². The van der Waals surface area contributed by atoms with Crippen molar-refractivity contribution < 1.29 is 24.1 Å². The van der Waals surface area contributed by atoms with Crippen LogP contribution in [0.4, 0.5) is 0 Å². The maximum Gasteiger partial charge on any atom is 0.344 e. The van der Waals surface area contributed by atoms with Gasteiger partial charge in [-0.1, -0.05) is 54.1 Å². The number of carbonyl (C=O) groups excluding carboxylic acids is 1. The van der Waals surface area contributed by atoms with Gasteiger partial charge in [0.05, 0.1) is 17.7 Å². The molecule has 2 N–H and O–H groups in total. The normalized spacial score (nSPS) is 15.2. The van der Waals surface area contributed by atoms with E-state index in [0.29, 0.717) is 36.3 Å². The van der Waals surface area contributed by atoms with Crippen LogP contribution in [0.2, 0.25) is 5.02 Å². The Hall–Kier alpha value is -2.77. The quantitative estimate of drug-likeness (QED) is 0.311. The standard InChI is InChI=1S/C29H32ClNO5.ClH/c1-2-34-29(33)19-35-25-12-9-21-8-11-24(14-23(21)15-25)31-17-27(32)22-10-13-28(26(30)16-22)36-18-20-6-4-3-5-7-20;/h3-7,9-10,12-13,15-16,24,27,31-32H,2,8,11,14,17-19H2,1H3;1H/t24-,27+;/m0./s1. The van der Waals surface area contributed by atoms with Crippen molar-refractivity contribution in [2.75, 3.05) is 19.8 Å². The topological polar surface area (TPSA) is 77.0 Å². The molecule has 0 radical (unpaired) electrons. The maximum atomic E-state index is 11.6. The van der Waals surface area contributed by atoms with E-state index >= 15 is 0 Å². The molecule has 8 heteroatoms. The molecule has 0 saturated heterocycles. The summed E-state index contributed by atoms with van der Waals surface area (Å²) in [5, 5.41) is 14.7. The summed E-state index contributed by atoms with van der Waals surface area (Å²) in [5.74, 6) is 0.876. The zero-order chi connectivity index (χ0) is 25.3. The molecule has 3 aromatic carbocycles. The minimum Gasteiger partial charge on any atom is -0.487 e. The number of carbonyl (C=O) groups is 1. The maximum absolute atomic E-state index is 11.6. The van der Waals surface area contributed by atoms with Crippen molar-refractivity contribution in [3.05, 3.63) is 94.0 Å². The number of aliphatic hydroxyl groups excluding tert-OH is 1. The van der Waals surface area contributed by atoms with Crippen LogP contribution in [-0.4, -0.2) is 36.9 Å². The summed E-state index contributed by atoms with van der Waals surface area (Å²) in [6.07, 6.45) is 2.06. The van der Waals surface area contributed by atoms with E-state index in [9.17, 15) is 9.90 Å². The van der Waals surface area contributed by atoms with Crippen molar-refractivity contribution in [2.45, 2.75) is 44.9 Å². The lowest BCUT2D eigenvalue weighted by Gasteiger charge is -2.27. The molecule has 0 saturated carbocycles. The molecule has 0 amide bonds. The molecule has 0 fully saturated rings. The Morgan fingerprint density at radius 2 is 1.89 bits per heavy atom. The highest BCUT2D eigenvalue weighted by atomic mass is 35.5. The van der Waals surface area contributed by atoms with E-state index in [2.05, 4.69) is 11.4 Å². The minimum atomic E-state index is -0.689. The number of aliphatic hydroxyl groups is 1. The van der Waals surface area contributed by atoms with Crippen LogP contribution in [0.25, 0.3) is 0 Å². The molecular weight excluding hydrogens is 513 g/mol. The predicted molar refractivity (Wildman–Crippen MR) is 147 cm³/mol. The van der Waals surface area contributed by atoms with E-state index in [0.717, 1.165) is 30.4 Å². The first-order valence-corrected chi connectivity index (χ1v) is 12.7. The van der Waals surface area contributed by atoms with Crippen molar-refractivity contribution >= 4 is 30.0 Å². The Bertz CT molecular complexity index is 1160. The zero-order valence-corrected chi connectivity index (χ0v) is 22.4. The monoisotopic (exact) mass is 545 g/mol. The highest BCUT2D eigenvalue weighted by molar-refractivity contribution is 6.32. The molecule has 1 aliphatic carbocycles. The fraction of sp³-hybridized carbons (Fsp3) is 0.345. The number of fused-ring (bicyclic) bond motifs is 1. The Balaban J connectivity index is 0.00000380. The number of esters is 1. The van der Waals surface area contributed by atoms with Gasteiger partial charge >= 0.3 is 5.97 Å². The summed E-state index contributed by atoms with van der Waals surface area (Å²) in [7, 11) is 0. The summed E-state index contributed by atoms with van der Waals surface area (Å²) < 4.78 is 16.3. The summed E-state index contributed by atoms with van der Waals surface area (Å²) in [5.41, 5.74) is 4.28. The van der Waals surface area contributed by atoms with Gasteiger partial charge in [-0.2, -0.15) is 0 Å². The van der Waals surface area contributed by atoms with E-state index in [1.165, 1.54) is 11.1 Å². The average Bonchev–Trinajstić information content (AvgIpc) is 2.90. The molecule has 0 bridgehead atoms. The number of nitrogens with one attached hydrogen (secondary N) is 1. The first-order chi connectivity index (χ1) is 17.5. The Labute approximate surface area is 229 Å². The van der Waals surface area contributed by atoms with Gasteiger partial charge in [0.1, 0.15) is 18.1 Å². The molecule has 198 valence electrons. The van der Waals surface area contributed by atoms with Crippen molar-refractivity contribution in [3.63, 3.8) is 0 Å². The highest BCUT2D eigenvalue weighted by Gasteiger charge is 2.21. The van der Waals surface area contributed by atoms with Crippen LogP contribution in [0.1, 0.15) is 41.7 Å². The second-order valence-electron chi connectivity index (χ2n) is 8.85. The number of benzene rings is 3. The Kier molecular flexibility index (Phi) is 11.1. The van der Waals surface area contributed by atoms with Crippen LogP contribution in [0.3, 0.4) is 0 Å². The smallest absolute Gasteiger partial charge is 0.344 e. The summed E-state index contributed by atoms with van der Waals surface area (Å²) in [6, 6.07) is 21.5. The first-order valence-electron chi connectivity index (χ1n) is 12.3. The SMILES string of the molecule is CCOC(=O)COc1ccc2c(c1)C[C@@H](NC[C@@H](O)c1ccc(OCc3ccccc3)c(Cl)c1)CC2.Cl. The molecule has 1 aliphatic rings. The van der Waals surface area contributed by atoms with Crippen LogP contribution in [-0.2, 0) is 29.0 Å². The number of halogens is 2. The summed E-state index contributed by atoms with van der Waals surface area (Å²) >= 11 is 6.43. The second-order valence-corrected chi connectivity index (χ2v) is 9.26. The summed E-state index contributed by atoms with van der Waals surface area (Å²) in [6.45, 7) is 2.86. The third-order valence-corrected chi connectivity index (χ3v) is 6.54. The van der Waals surface area contributed by atoms with Gasteiger partial charge in [-0.05, 0) is 72.7 Å². The van der Waals surface area contributed by atoms with Gasteiger partial charge in [0.2, 0.25) is 0 Å². The summed E-state index contributed by atoms with van der Waals surface area (Å²) in [4.78, 5) is 11.6. The number of hydrogen-bond donors (Lipinski definition) is 2. The van der Waals surface area contributed by atoms with E-state index in [4.69, 9.17) is 25.8 Å². The van der Waals surface area contributed by atoms with Crippen molar-refractivity contribution in [1.82, 2.24) is 5.32 Å². The van der Waals surface area contributed by atoms with Crippen LogP contribution in [0.5, 0.6) is 11.5 Å². The molecule has 6 nitrogen and oxygen atoms in total. The lowest BCUT2D eigenvalue weighted by atomic mass is 9.88. The Morgan fingerprint density at radius 1 is 1.08 bits per heavy atom. The van der Waals surface area contributed by atoms with E-state index < -0.39 is 6.10 Å². The fourth-order valence-electron chi connectivity index (χ4n) is 4.32. The van der Waals surface area contributed by atoms with E-state index in [-0.39, 0.29) is 31.0 Å². The number of hydrogen-bond acceptors (Lipinski definition) is 6. The molecule has 3 aromatic rings. The van der Waals surface area contributed by atoms with Gasteiger partial charge in [-0.15, -0.1) is 12.4 Å². The van der Waals surface area contributed by atoms with Crippen molar-refractivity contribution in [1.29, 1.82) is 0 Å². The number of rotatable bonds is 11. The molecule has 0 heterocycles. The first kappa shape index (κ1) is 28.8. The van der Waals surface area contributed by atoms with Gasteiger partial charge in [0.15, 0.2) is 6.61 Å². The predicted octanol–water partition coefficient (Wildman–Crippen LogP) is 5.46. The lowest BCUT2D eigenvalue weighted by Crippen LogP contribution is -2.37. The molecule has 37 heavy (non-hydrogen) atoms. The number of ether oxygens (including phenoxy) is 3. The zero-order valence-electron chi connectivity index (χ0n) is 20.8. The van der Waals surface area contributed by atoms with Gasteiger partial charge in [-0.3, -0.25) is 0 Å². The molecular formula is C29H33Cl2NO5. The molecule has 0 unspecified atom stereocenters. The van der Waals surface area contributed by atoms with Crippen LogP contribution in [0, 0.1) is 0 Å². The molecule has 0 spiro atoms. The fourth-order valence-corrected chi connectivity index (χ4v) is 4.56. The Morgan fingerprint density at radius 3 is 2.65 bits per heavy atom. The third kappa shape index (κ3) is 8.37.